The van der Waals surface area contributed by atoms with Crippen LogP contribution < -0.4 is 5.73 Å². The molecule has 1 heterocycles. The molecule has 0 spiro atoms. The molecule has 0 aliphatic carbocycles. The Hall–Kier alpha value is -1.33. The number of pyridine rings is 1. The Morgan fingerprint density at radius 2 is 2.33 bits per heavy atom. The van der Waals surface area contributed by atoms with E-state index in [0.29, 0.717) is 0 Å². The van der Waals surface area contributed by atoms with Gasteiger partial charge in [-0.15, -0.1) is 0 Å². The van der Waals surface area contributed by atoms with Gasteiger partial charge >= 0.3 is 0 Å². The van der Waals surface area contributed by atoms with Gasteiger partial charge in [0.05, 0.1) is 6.04 Å². The van der Waals surface area contributed by atoms with Crippen LogP contribution in [0.4, 0.5) is 0 Å². The molecule has 1 aromatic rings. The molecule has 0 aliphatic rings. The lowest BCUT2D eigenvalue weighted by Gasteiger charge is -1.92. The fourth-order valence-electron chi connectivity index (χ4n) is 0.820. The van der Waals surface area contributed by atoms with Crippen molar-refractivity contribution in [3.05, 3.63) is 29.6 Å². The van der Waals surface area contributed by atoms with Crippen molar-refractivity contribution in [1.29, 1.82) is 0 Å². The fourth-order valence-corrected chi connectivity index (χ4v) is 0.820. The molecule has 1 rings (SSSR count). The highest BCUT2D eigenvalue weighted by molar-refractivity contribution is 5.34. The molecule has 0 radical (unpaired) electrons. The molecule has 2 nitrogen and oxygen atoms in total. The number of aryl methyl sites for hydroxylation is 1. The quantitative estimate of drug-likeness (QED) is 0.577. The summed E-state index contributed by atoms with van der Waals surface area (Å²) in [6.45, 7) is 3.80. The van der Waals surface area contributed by atoms with Gasteiger partial charge in [-0.2, -0.15) is 0 Å². The summed E-state index contributed by atoms with van der Waals surface area (Å²) in [7, 11) is 0. The zero-order chi connectivity index (χ0) is 8.97. The van der Waals surface area contributed by atoms with Crippen molar-refractivity contribution in [3.8, 4) is 11.8 Å². The second-order valence-corrected chi connectivity index (χ2v) is 2.74. The van der Waals surface area contributed by atoms with Crippen LogP contribution in [0.15, 0.2) is 18.3 Å². The van der Waals surface area contributed by atoms with E-state index in [0.717, 1.165) is 11.3 Å². The minimum absolute atomic E-state index is 0.0709. The summed E-state index contributed by atoms with van der Waals surface area (Å²) in [4.78, 5) is 4.07. The molecule has 1 unspecified atom stereocenters. The predicted molar refractivity (Wildman–Crippen MR) is 49.5 cm³/mol. The second kappa shape index (κ2) is 3.89. The van der Waals surface area contributed by atoms with Gasteiger partial charge in [-0.05, 0) is 26.0 Å². The average Bonchev–Trinajstić information content (AvgIpc) is 2.01. The van der Waals surface area contributed by atoms with E-state index < -0.39 is 0 Å². The van der Waals surface area contributed by atoms with Crippen LogP contribution in [0, 0.1) is 18.8 Å². The molecular weight excluding hydrogens is 148 g/mol. The van der Waals surface area contributed by atoms with Gasteiger partial charge in [-0.1, -0.05) is 11.8 Å². The average molecular weight is 160 g/mol. The third-order valence-electron chi connectivity index (χ3n) is 1.34. The molecule has 1 aromatic heterocycles. The molecule has 62 valence electrons. The first kappa shape index (κ1) is 8.76. The third kappa shape index (κ3) is 2.73. The fraction of sp³-hybridized carbons (Fsp3) is 0.300. The van der Waals surface area contributed by atoms with Gasteiger partial charge in [-0.25, -0.2) is 0 Å². The lowest BCUT2D eigenvalue weighted by molar-refractivity contribution is 0.959. The van der Waals surface area contributed by atoms with Gasteiger partial charge in [0.1, 0.15) is 0 Å². The molecule has 0 fully saturated rings. The number of hydrogen-bond donors (Lipinski definition) is 1. The van der Waals surface area contributed by atoms with E-state index in [1.54, 1.807) is 6.20 Å². The first-order chi connectivity index (χ1) is 5.68. The van der Waals surface area contributed by atoms with Crippen molar-refractivity contribution in [2.24, 2.45) is 5.73 Å². The van der Waals surface area contributed by atoms with Crippen LogP contribution in [0.2, 0.25) is 0 Å². The highest BCUT2D eigenvalue weighted by atomic mass is 14.6. The Morgan fingerprint density at radius 1 is 1.58 bits per heavy atom. The van der Waals surface area contributed by atoms with E-state index >= 15 is 0 Å². The van der Waals surface area contributed by atoms with Gasteiger partial charge in [-0.3, -0.25) is 4.98 Å². The van der Waals surface area contributed by atoms with Gasteiger partial charge < -0.3 is 5.73 Å². The van der Waals surface area contributed by atoms with Crippen LogP contribution in [-0.4, -0.2) is 11.0 Å². The number of nitrogens with two attached hydrogens (primary N) is 1. The van der Waals surface area contributed by atoms with E-state index in [4.69, 9.17) is 5.73 Å². The Balaban J connectivity index is 2.85. The molecule has 0 saturated carbocycles. The minimum Gasteiger partial charge on any atom is -0.318 e. The van der Waals surface area contributed by atoms with Crippen LogP contribution >= 0.6 is 0 Å². The van der Waals surface area contributed by atoms with Crippen molar-refractivity contribution in [3.63, 3.8) is 0 Å². The lowest BCUT2D eigenvalue weighted by atomic mass is 10.2. The highest BCUT2D eigenvalue weighted by Gasteiger charge is 1.88. The highest BCUT2D eigenvalue weighted by Crippen LogP contribution is 1.97. The second-order valence-electron chi connectivity index (χ2n) is 2.74. The Morgan fingerprint density at radius 3 is 2.92 bits per heavy atom. The van der Waals surface area contributed by atoms with E-state index in [-0.39, 0.29) is 6.04 Å². The van der Waals surface area contributed by atoms with E-state index in [1.165, 1.54) is 0 Å². The Kier molecular flexibility index (Phi) is 2.84. The third-order valence-corrected chi connectivity index (χ3v) is 1.34. The zero-order valence-electron chi connectivity index (χ0n) is 7.33. The number of aromatic nitrogens is 1. The normalized spacial score (nSPS) is 11.6. The van der Waals surface area contributed by atoms with Crippen LogP contribution in [0.3, 0.4) is 0 Å². The van der Waals surface area contributed by atoms with E-state index in [9.17, 15) is 0 Å². The summed E-state index contributed by atoms with van der Waals surface area (Å²) in [5, 5.41) is 0. The molecule has 12 heavy (non-hydrogen) atoms. The molecule has 0 amide bonds. The van der Waals surface area contributed by atoms with E-state index in [2.05, 4.69) is 16.8 Å². The van der Waals surface area contributed by atoms with Gasteiger partial charge in [0.2, 0.25) is 0 Å². The topological polar surface area (TPSA) is 38.9 Å². The number of rotatable bonds is 0. The molecule has 0 bridgehead atoms. The SMILES string of the molecule is Cc1cc(C#CC(C)N)ccn1. The molecule has 0 aromatic carbocycles. The molecule has 1 atom stereocenters. The van der Waals surface area contributed by atoms with Crippen LogP contribution in [0.1, 0.15) is 18.2 Å². The molecular formula is C10H12N2. The first-order valence-corrected chi connectivity index (χ1v) is 3.88. The maximum absolute atomic E-state index is 5.49. The maximum Gasteiger partial charge on any atom is 0.0639 e. The van der Waals surface area contributed by atoms with Gasteiger partial charge in [0.15, 0.2) is 0 Å². The Bertz CT molecular complexity index is 318. The van der Waals surface area contributed by atoms with Crippen LogP contribution in [-0.2, 0) is 0 Å². The largest absolute Gasteiger partial charge is 0.318 e. The van der Waals surface area contributed by atoms with Crippen molar-refractivity contribution in [2.75, 3.05) is 0 Å². The van der Waals surface area contributed by atoms with Crippen molar-refractivity contribution in [1.82, 2.24) is 4.98 Å². The van der Waals surface area contributed by atoms with E-state index in [1.807, 2.05) is 26.0 Å². The standard InChI is InChI=1S/C10H12N2/c1-8(11)3-4-10-5-6-12-9(2)7-10/h5-8H,11H2,1-2H3. The molecule has 0 saturated heterocycles. The predicted octanol–water partition coefficient (Wildman–Crippen LogP) is 1.09. The van der Waals surface area contributed by atoms with Crippen LogP contribution in [0.5, 0.6) is 0 Å². The summed E-state index contributed by atoms with van der Waals surface area (Å²) in [6.07, 6.45) is 1.75. The summed E-state index contributed by atoms with van der Waals surface area (Å²) in [5.74, 6) is 5.86. The summed E-state index contributed by atoms with van der Waals surface area (Å²) in [5.41, 5.74) is 7.44. The number of nitrogens with zero attached hydrogens (tertiary/aromatic N) is 1. The van der Waals surface area contributed by atoms with Crippen molar-refractivity contribution < 1.29 is 0 Å². The monoisotopic (exact) mass is 160 g/mol. The maximum atomic E-state index is 5.49. The van der Waals surface area contributed by atoms with Gasteiger partial charge in [0, 0.05) is 17.5 Å². The number of hydrogen-bond acceptors (Lipinski definition) is 2. The lowest BCUT2D eigenvalue weighted by Crippen LogP contribution is -2.10. The summed E-state index contributed by atoms with van der Waals surface area (Å²) in [6, 6.07) is 3.75. The van der Waals surface area contributed by atoms with Crippen molar-refractivity contribution in [2.45, 2.75) is 19.9 Å². The smallest absolute Gasteiger partial charge is 0.0639 e. The first-order valence-electron chi connectivity index (χ1n) is 3.88. The zero-order valence-corrected chi connectivity index (χ0v) is 7.33. The van der Waals surface area contributed by atoms with Gasteiger partial charge in [0.25, 0.3) is 0 Å². The Labute approximate surface area is 72.8 Å². The molecule has 2 heteroatoms. The summed E-state index contributed by atoms with van der Waals surface area (Å²) < 4.78 is 0. The summed E-state index contributed by atoms with van der Waals surface area (Å²) >= 11 is 0. The minimum atomic E-state index is -0.0709. The van der Waals surface area contributed by atoms with Crippen molar-refractivity contribution >= 4 is 0 Å². The molecule has 2 N–H and O–H groups in total. The molecule has 0 aliphatic heterocycles. The van der Waals surface area contributed by atoms with Crippen LogP contribution in [0.25, 0.3) is 0 Å².